The number of guanidine groups is 1. The molecule has 0 spiro atoms. The normalized spacial score (nSPS) is 23.1. The van der Waals surface area contributed by atoms with Crippen LogP contribution in [-0.2, 0) is 0 Å². The second-order valence-electron chi connectivity index (χ2n) is 5.30. The van der Waals surface area contributed by atoms with Gasteiger partial charge in [0.25, 0.3) is 0 Å². The summed E-state index contributed by atoms with van der Waals surface area (Å²) >= 11 is 0. The molecule has 0 bridgehead atoms. The minimum Gasteiger partial charge on any atom is -0.489 e. The highest BCUT2D eigenvalue weighted by molar-refractivity contribution is 5.80. The molecule has 3 unspecified atom stereocenters. The summed E-state index contributed by atoms with van der Waals surface area (Å²) in [7, 11) is 1.76. The molecule has 0 aromatic heterocycles. The smallest absolute Gasteiger partial charge is 0.191 e. The van der Waals surface area contributed by atoms with E-state index in [1.54, 1.807) is 19.2 Å². The van der Waals surface area contributed by atoms with E-state index < -0.39 is 0 Å². The summed E-state index contributed by atoms with van der Waals surface area (Å²) in [4.78, 5) is 4.18. The number of hydrogen-bond acceptors (Lipinski definition) is 2. The molecular formula is C15H22FN3O. The third kappa shape index (κ3) is 4.40. The van der Waals surface area contributed by atoms with Crippen molar-refractivity contribution in [2.24, 2.45) is 10.9 Å². The molecule has 5 heteroatoms. The Morgan fingerprint density at radius 1 is 1.45 bits per heavy atom. The maximum absolute atomic E-state index is 12.8. The number of benzene rings is 1. The number of halogens is 1. The van der Waals surface area contributed by atoms with Crippen LogP contribution in [0, 0.1) is 11.7 Å². The average molecular weight is 279 g/mol. The van der Waals surface area contributed by atoms with Crippen molar-refractivity contribution >= 4 is 5.96 Å². The molecule has 0 heterocycles. The SMILES string of the molecule is CN=C(NCC(C)Oc1ccc(F)cc1)NC1CC1C. The molecule has 20 heavy (non-hydrogen) atoms. The van der Waals surface area contributed by atoms with Gasteiger partial charge in [-0.05, 0) is 43.5 Å². The summed E-state index contributed by atoms with van der Waals surface area (Å²) in [5.74, 6) is 1.93. The lowest BCUT2D eigenvalue weighted by Gasteiger charge is -2.17. The number of ether oxygens (including phenoxy) is 1. The van der Waals surface area contributed by atoms with Gasteiger partial charge in [0.2, 0.25) is 0 Å². The number of rotatable bonds is 5. The van der Waals surface area contributed by atoms with E-state index in [1.807, 2.05) is 6.92 Å². The van der Waals surface area contributed by atoms with Crippen LogP contribution in [0.25, 0.3) is 0 Å². The van der Waals surface area contributed by atoms with Gasteiger partial charge in [-0.1, -0.05) is 6.92 Å². The zero-order valence-corrected chi connectivity index (χ0v) is 12.2. The van der Waals surface area contributed by atoms with Crippen LogP contribution in [0.5, 0.6) is 5.75 Å². The fourth-order valence-corrected chi connectivity index (χ4v) is 1.92. The minimum absolute atomic E-state index is 0.0318. The summed E-state index contributed by atoms with van der Waals surface area (Å²) < 4.78 is 18.5. The van der Waals surface area contributed by atoms with Crippen molar-refractivity contribution in [2.75, 3.05) is 13.6 Å². The highest BCUT2D eigenvalue weighted by atomic mass is 19.1. The topological polar surface area (TPSA) is 45.7 Å². The highest BCUT2D eigenvalue weighted by Gasteiger charge is 2.33. The van der Waals surface area contributed by atoms with Crippen LogP contribution >= 0.6 is 0 Å². The minimum atomic E-state index is -0.258. The second-order valence-corrected chi connectivity index (χ2v) is 5.30. The summed E-state index contributed by atoms with van der Waals surface area (Å²) in [6.07, 6.45) is 1.16. The van der Waals surface area contributed by atoms with Crippen molar-refractivity contribution in [3.63, 3.8) is 0 Å². The van der Waals surface area contributed by atoms with Crippen molar-refractivity contribution in [1.29, 1.82) is 0 Å². The Kier molecular flexibility index (Phi) is 4.82. The molecule has 0 aliphatic heterocycles. The molecule has 0 radical (unpaired) electrons. The van der Waals surface area contributed by atoms with Gasteiger partial charge < -0.3 is 15.4 Å². The maximum Gasteiger partial charge on any atom is 0.191 e. The van der Waals surface area contributed by atoms with E-state index in [9.17, 15) is 4.39 Å². The molecule has 0 amide bonds. The van der Waals surface area contributed by atoms with Crippen LogP contribution in [0.3, 0.4) is 0 Å². The molecule has 0 saturated heterocycles. The van der Waals surface area contributed by atoms with Gasteiger partial charge in [0, 0.05) is 13.1 Å². The number of hydrogen-bond donors (Lipinski definition) is 2. The van der Waals surface area contributed by atoms with Gasteiger partial charge in [0.1, 0.15) is 17.7 Å². The van der Waals surface area contributed by atoms with Crippen LogP contribution < -0.4 is 15.4 Å². The fourth-order valence-electron chi connectivity index (χ4n) is 1.92. The Labute approximate surface area is 119 Å². The van der Waals surface area contributed by atoms with Crippen LogP contribution in [0.1, 0.15) is 20.3 Å². The first kappa shape index (κ1) is 14.6. The van der Waals surface area contributed by atoms with Crippen LogP contribution in [0.2, 0.25) is 0 Å². The number of nitrogens with zero attached hydrogens (tertiary/aromatic N) is 1. The quantitative estimate of drug-likeness (QED) is 0.641. The lowest BCUT2D eigenvalue weighted by Crippen LogP contribution is -2.43. The van der Waals surface area contributed by atoms with Crippen molar-refractivity contribution in [1.82, 2.24) is 10.6 Å². The predicted octanol–water partition coefficient (Wildman–Crippen LogP) is 2.17. The van der Waals surface area contributed by atoms with E-state index in [1.165, 1.54) is 18.6 Å². The fraction of sp³-hybridized carbons (Fsp3) is 0.533. The molecule has 110 valence electrons. The van der Waals surface area contributed by atoms with Crippen molar-refractivity contribution in [2.45, 2.75) is 32.4 Å². The van der Waals surface area contributed by atoms with E-state index >= 15 is 0 Å². The third-order valence-corrected chi connectivity index (χ3v) is 3.36. The first-order valence-electron chi connectivity index (χ1n) is 6.98. The van der Waals surface area contributed by atoms with E-state index in [-0.39, 0.29) is 11.9 Å². The lowest BCUT2D eigenvalue weighted by molar-refractivity contribution is 0.223. The second kappa shape index (κ2) is 6.59. The van der Waals surface area contributed by atoms with Gasteiger partial charge in [0.15, 0.2) is 5.96 Å². The molecule has 4 nitrogen and oxygen atoms in total. The highest BCUT2D eigenvalue weighted by Crippen LogP contribution is 2.28. The van der Waals surface area contributed by atoms with Gasteiger partial charge in [0.05, 0.1) is 6.54 Å². The molecule has 1 saturated carbocycles. The maximum atomic E-state index is 12.8. The average Bonchev–Trinajstić information content (AvgIpc) is 3.12. The number of aliphatic imine (C=N–C) groups is 1. The van der Waals surface area contributed by atoms with Crippen LogP contribution in [0.4, 0.5) is 4.39 Å². The Morgan fingerprint density at radius 2 is 2.10 bits per heavy atom. The molecule has 1 fully saturated rings. The van der Waals surface area contributed by atoms with Crippen molar-refractivity contribution in [3.8, 4) is 5.75 Å². The Bertz CT molecular complexity index is 461. The summed E-state index contributed by atoms with van der Waals surface area (Å²) in [5.41, 5.74) is 0. The van der Waals surface area contributed by atoms with Gasteiger partial charge in [-0.15, -0.1) is 0 Å². The van der Waals surface area contributed by atoms with Gasteiger partial charge in [-0.3, -0.25) is 4.99 Å². The lowest BCUT2D eigenvalue weighted by atomic mass is 10.3. The third-order valence-electron chi connectivity index (χ3n) is 3.36. The van der Waals surface area contributed by atoms with Crippen LogP contribution in [-0.4, -0.2) is 31.7 Å². The van der Waals surface area contributed by atoms with Gasteiger partial charge in [-0.2, -0.15) is 0 Å². The summed E-state index contributed by atoms with van der Waals surface area (Å²) in [6, 6.07) is 6.58. The molecule has 1 aromatic rings. The first-order valence-corrected chi connectivity index (χ1v) is 6.98. The molecule has 3 atom stereocenters. The molecule has 2 N–H and O–H groups in total. The van der Waals surface area contributed by atoms with E-state index in [4.69, 9.17) is 4.74 Å². The van der Waals surface area contributed by atoms with E-state index in [2.05, 4.69) is 22.5 Å². The number of nitrogens with one attached hydrogen (secondary N) is 2. The van der Waals surface area contributed by atoms with E-state index in [0.717, 1.165) is 11.9 Å². The Hall–Kier alpha value is -1.78. The molecule has 1 aliphatic rings. The Morgan fingerprint density at radius 3 is 2.65 bits per heavy atom. The van der Waals surface area contributed by atoms with E-state index in [0.29, 0.717) is 18.3 Å². The Balaban J connectivity index is 1.73. The van der Waals surface area contributed by atoms with Gasteiger partial charge in [-0.25, -0.2) is 4.39 Å². The molecule has 2 rings (SSSR count). The zero-order chi connectivity index (χ0) is 14.5. The molecular weight excluding hydrogens is 257 g/mol. The largest absolute Gasteiger partial charge is 0.489 e. The summed E-state index contributed by atoms with van der Waals surface area (Å²) in [6.45, 7) is 4.81. The molecule has 1 aromatic carbocycles. The van der Waals surface area contributed by atoms with Crippen molar-refractivity contribution < 1.29 is 9.13 Å². The molecule has 1 aliphatic carbocycles. The first-order chi connectivity index (χ1) is 9.58. The predicted molar refractivity (Wildman–Crippen MR) is 78.6 cm³/mol. The summed E-state index contributed by atoms with van der Waals surface area (Å²) in [5, 5.41) is 6.58. The van der Waals surface area contributed by atoms with Crippen LogP contribution in [0.15, 0.2) is 29.3 Å². The standard InChI is InChI=1S/C15H22FN3O/c1-10-8-14(10)19-15(17-3)18-9-11(2)20-13-6-4-12(16)5-7-13/h4-7,10-11,14H,8-9H2,1-3H3,(H2,17,18,19). The van der Waals surface area contributed by atoms with Gasteiger partial charge >= 0.3 is 0 Å². The zero-order valence-electron chi connectivity index (χ0n) is 12.2. The monoisotopic (exact) mass is 279 g/mol. The van der Waals surface area contributed by atoms with Crippen molar-refractivity contribution in [3.05, 3.63) is 30.1 Å².